The molecule has 0 aromatic carbocycles. The van der Waals surface area contributed by atoms with Gasteiger partial charge in [-0.1, -0.05) is 20.8 Å². The molecule has 1 saturated heterocycles. The largest absolute Gasteiger partial charge is 0.311 e. The molecule has 0 aliphatic carbocycles. The van der Waals surface area contributed by atoms with Crippen LogP contribution in [0.4, 0.5) is 0 Å². The molecule has 2 heterocycles. The fourth-order valence-corrected chi connectivity index (χ4v) is 3.17. The second-order valence-electron chi connectivity index (χ2n) is 5.98. The van der Waals surface area contributed by atoms with Gasteiger partial charge in [0.05, 0.1) is 0 Å². The summed E-state index contributed by atoms with van der Waals surface area (Å²) in [6.45, 7) is 8.92. The van der Waals surface area contributed by atoms with Gasteiger partial charge >= 0.3 is 0 Å². The van der Waals surface area contributed by atoms with Crippen LogP contribution in [0.2, 0.25) is 0 Å². The smallest absolute Gasteiger partial charge is 0.138 e. The predicted octanol–water partition coefficient (Wildman–Crippen LogP) is 2.40. The van der Waals surface area contributed by atoms with E-state index in [-0.39, 0.29) is 5.54 Å². The number of aryl methyl sites for hydroxylation is 1. The highest BCUT2D eigenvalue weighted by Crippen LogP contribution is 2.30. The first-order valence-corrected chi connectivity index (χ1v) is 7.27. The number of rotatable bonds is 6. The molecule has 1 unspecified atom stereocenters. The van der Waals surface area contributed by atoms with E-state index in [9.17, 15) is 0 Å². The Bertz CT molecular complexity index is 364. The molecule has 1 aromatic heterocycles. The first-order valence-electron chi connectivity index (χ1n) is 7.27. The minimum absolute atomic E-state index is 0.257. The van der Waals surface area contributed by atoms with Crippen LogP contribution in [0.15, 0.2) is 6.33 Å². The van der Waals surface area contributed by atoms with Crippen molar-refractivity contribution in [2.75, 3.05) is 6.54 Å². The first kappa shape index (κ1) is 13.5. The van der Waals surface area contributed by atoms with Crippen LogP contribution in [0.1, 0.15) is 52.3 Å². The van der Waals surface area contributed by atoms with Crippen molar-refractivity contribution in [3.05, 3.63) is 12.2 Å². The molecule has 4 nitrogen and oxygen atoms in total. The Hall–Kier alpha value is -0.900. The quantitative estimate of drug-likeness (QED) is 0.843. The Kier molecular flexibility index (Phi) is 4.38. The maximum absolute atomic E-state index is 4.46. The van der Waals surface area contributed by atoms with E-state index in [0.717, 1.165) is 37.7 Å². The summed E-state index contributed by atoms with van der Waals surface area (Å²) in [7, 11) is 0. The summed E-state index contributed by atoms with van der Waals surface area (Å²) in [5, 5.41) is 8.06. The second-order valence-corrected chi connectivity index (χ2v) is 5.98. The zero-order chi connectivity index (χ0) is 13.0. The Labute approximate surface area is 110 Å². The van der Waals surface area contributed by atoms with Crippen LogP contribution in [0, 0.1) is 5.92 Å². The predicted molar refractivity (Wildman–Crippen MR) is 73.4 cm³/mol. The number of hydrogen-bond acceptors (Lipinski definition) is 3. The van der Waals surface area contributed by atoms with Gasteiger partial charge in [-0.3, -0.25) is 4.68 Å². The molecule has 0 spiro atoms. The van der Waals surface area contributed by atoms with Gasteiger partial charge in [0.2, 0.25) is 0 Å². The topological polar surface area (TPSA) is 42.7 Å². The van der Waals surface area contributed by atoms with Gasteiger partial charge < -0.3 is 5.32 Å². The Morgan fingerprint density at radius 2 is 2.33 bits per heavy atom. The van der Waals surface area contributed by atoms with Crippen molar-refractivity contribution < 1.29 is 0 Å². The van der Waals surface area contributed by atoms with Crippen LogP contribution in [0.3, 0.4) is 0 Å². The van der Waals surface area contributed by atoms with Crippen LogP contribution in [0.5, 0.6) is 0 Å². The number of nitrogens with zero attached hydrogens (tertiary/aromatic N) is 3. The van der Waals surface area contributed by atoms with E-state index in [2.05, 4.69) is 40.9 Å². The van der Waals surface area contributed by atoms with Gasteiger partial charge in [-0.15, -0.1) is 0 Å². The lowest BCUT2D eigenvalue weighted by atomic mass is 9.84. The first-order chi connectivity index (χ1) is 8.65. The fraction of sp³-hybridized carbons (Fsp3) is 0.857. The molecule has 1 aliphatic rings. The molecule has 0 radical (unpaired) electrons. The van der Waals surface area contributed by atoms with Gasteiger partial charge in [-0.05, 0) is 38.1 Å². The molecular formula is C14H26N4. The lowest BCUT2D eigenvalue weighted by Gasteiger charge is -2.31. The number of nitrogens with one attached hydrogen (secondary N) is 1. The summed E-state index contributed by atoms with van der Waals surface area (Å²) in [4.78, 5) is 4.46. The normalized spacial score (nSPS) is 24.0. The molecule has 1 atom stereocenters. The third kappa shape index (κ3) is 3.10. The van der Waals surface area contributed by atoms with Crippen molar-refractivity contribution in [1.29, 1.82) is 0 Å². The summed E-state index contributed by atoms with van der Waals surface area (Å²) < 4.78 is 2.07. The standard InChI is InChI=1S/C14H26N4/c1-4-8-18-13(15-11-17-18)10-14(9-12(2)3)6-5-7-16-14/h11-12,16H,4-10H2,1-3H3. The zero-order valence-corrected chi connectivity index (χ0v) is 11.9. The van der Waals surface area contributed by atoms with Crippen LogP contribution >= 0.6 is 0 Å². The van der Waals surface area contributed by atoms with Crippen molar-refractivity contribution in [3.63, 3.8) is 0 Å². The highest BCUT2D eigenvalue weighted by atomic mass is 15.3. The maximum atomic E-state index is 4.46. The Morgan fingerprint density at radius 3 is 2.94 bits per heavy atom. The molecule has 0 bridgehead atoms. The average Bonchev–Trinajstić information content (AvgIpc) is 2.90. The van der Waals surface area contributed by atoms with Crippen LogP contribution in [-0.4, -0.2) is 26.8 Å². The Morgan fingerprint density at radius 1 is 1.50 bits per heavy atom. The molecule has 0 saturated carbocycles. The van der Waals surface area contributed by atoms with Gasteiger partial charge in [0.1, 0.15) is 12.2 Å². The summed E-state index contributed by atoms with van der Waals surface area (Å²) in [6, 6.07) is 0. The van der Waals surface area contributed by atoms with E-state index in [1.807, 2.05) is 0 Å². The summed E-state index contributed by atoms with van der Waals surface area (Å²) in [5.41, 5.74) is 0.257. The summed E-state index contributed by atoms with van der Waals surface area (Å²) in [6.07, 6.45) is 7.61. The second kappa shape index (κ2) is 5.83. The molecule has 1 aliphatic heterocycles. The van der Waals surface area contributed by atoms with Gasteiger partial charge in [0, 0.05) is 18.5 Å². The molecular weight excluding hydrogens is 224 g/mol. The molecule has 1 fully saturated rings. The Balaban J connectivity index is 2.10. The third-order valence-electron chi connectivity index (χ3n) is 3.76. The average molecular weight is 250 g/mol. The van der Waals surface area contributed by atoms with E-state index in [1.165, 1.54) is 19.3 Å². The van der Waals surface area contributed by atoms with E-state index in [0.29, 0.717) is 0 Å². The van der Waals surface area contributed by atoms with Gasteiger partial charge in [-0.2, -0.15) is 5.10 Å². The van der Waals surface area contributed by atoms with Crippen molar-refractivity contribution >= 4 is 0 Å². The molecule has 18 heavy (non-hydrogen) atoms. The maximum Gasteiger partial charge on any atom is 0.138 e. The number of hydrogen-bond donors (Lipinski definition) is 1. The highest BCUT2D eigenvalue weighted by Gasteiger charge is 2.35. The molecule has 1 aromatic rings. The van der Waals surface area contributed by atoms with Gasteiger partial charge in [0.25, 0.3) is 0 Å². The minimum atomic E-state index is 0.257. The van der Waals surface area contributed by atoms with Gasteiger partial charge in [-0.25, -0.2) is 4.98 Å². The molecule has 2 rings (SSSR count). The molecule has 0 amide bonds. The van der Waals surface area contributed by atoms with Crippen LogP contribution in [-0.2, 0) is 13.0 Å². The van der Waals surface area contributed by atoms with Crippen molar-refractivity contribution in [3.8, 4) is 0 Å². The highest BCUT2D eigenvalue weighted by molar-refractivity contribution is 5.02. The van der Waals surface area contributed by atoms with Crippen molar-refractivity contribution in [1.82, 2.24) is 20.1 Å². The fourth-order valence-electron chi connectivity index (χ4n) is 3.17. The van der Waals surface area contributed by atoms with Crippen LogP contribution in [0.25, 0.3) is 0 Å². The lowest BCUT2D eigenvalue weighted by Crippen LogP contribution is -2.43. The van der Waals surface area contributed by atoms with E-state index < -0.39 is 0 Å². The summed E-state index contributed by atoms with van der Waals surface area (Å²) in [5.74, 6) is 1.87. The zero-order valence-electron chi connectivity index (χ0n) is 11.9. The molecule has 4 heteroatoms. The number of aromatic nitrogens is 3. The SMILES string of the molecule is CCCn1ncnc1CC1(CC(C)C)CCCN1. The third-order valence-corrected chi connectivity index (χ3v) is 3.76. The summed E-state index contributed by atoms with van der Waals surface area (Å²) >= 11 is 0. The monoisotopic (exact) mass is 250 g/mol. The minimum Gasteiger partial charge on any atom is -0.311 e. The van der Waals surface area contributed by atoms with Gasteiger partial charge in [0.15, 0.2) is 0 Å². The van der Waals surface area contributed by atoms with Crippen molar-refractivity contribution in [2.45, 2.75) is 65.0 Å². The van der Waals surface area contributed by atoms with Crippen LogP contribution < -0.4 is 5.32 Å². The van der Waals surface area contributed by atoms with E-state index in [4.69, 9.17) is 0 Å². The molecule has 1 N–H and O–H groups in total. The van der Waals surface area contributed by atoms with E-state index in [1.54, 1.807) is 6.33 Å². The van der Waals surface area contributed by atoms with E-state index >= 15 is 0 Å². The lowest BCUT2D eigenvalue weighted by molar-refractivity contribution is 0.291. The van der Waals surface area contributed by atoms with Crippen molar-refractivity contribution in [2.24, 2.45) is 5.92 Å². The molecule has 102 valence electrons.